The fraction of sp³-hybridized carbons (Fsp3) is 0.455. The zero-order valence-electron chi connectivity index (χ0n) is 75.9. The molecule has 1 unspecified atom stereocenters. The van der Waals surface area contributed by atoms with Crippen molar-refractivity contribution in [3.05, 3.63) is 279 Å². The molecule has 26 heteroatoms. The number of nitrogens with zero attached hydrogens (tertiary/aromatic N) is 2. The molecule has 2 saturated heterocycles. The summed E-state index contributed by atoms with van der Waals surface area (Å²) in [6.07, 6.45) is 24.0. The maximum Gasteiger partial charge on any atom is 2.00 e. The number of oxime groups is 2. The number of aliphatic hydroxyl groups is 1. The fourth-order valence-corrected chi connectivity index (χ4v) is 10.3. The Labute approximate surface area is 796 Å². The first-order valence-corrected chi connectivity index (χ1v) is 42.2. The van der Waals surface area contributed by atoms with E-state index in [1.54, 1.807) is 25.2 Å². The van der Waals surface area contributed by atoms with Gasteiger partial charge in [0.15, 0.2) is 12.6 Å². The molecule has 6 aromatic rings. The number of terminal acetylenes is 2. The van der Waals surface area contributed by atoms with Gasteiger partial charge < -0.3 is 110 Å². The molecule has 9 rings (SSSR count). The third-order valence-corrected chi connectivity index (χ3v) is 16.5. The Morgan fingerprint density at radius 3 is 1.18 bits per heavy atom. The number of hydrogen-bond acceptors (Lipinski definition) is 22. The van der Waals surface area contributed by atoms with E-state index in [0.717, 1.165) is 59.4 Å². The molecule has 8 atom stereocenters. The van der Waals surface area contributed by atoms with Crippen molar-refractivity contribution in [3.63, 3.8) is 0 Å². The molecular formula is C101H147BrClMgN2O20P. The first-order valence-electron chi connectivity index (χ1n) is 41.1. The van der Waals surface area contributed by atoms with E-state index in [4.69, 9.17) is 81.1 Å². The smallest absolute Gasteiger partial charge is 1.00 e. The van der Waals surface area contributed by atoms with E-state index in [-0.39, 0.29) is 103 Å². The summed E-state index contributed by atoms with van der Waals surface area (Å²) >= 11 is 3.27. The van der Waals surface area contributed by atoms with Crippen molar-refractivity contribution in [2.24, 2.45) is 16.2 Å². The maximum atomic E-state index is 11.0. The van der Waals surface area contributed by atoms with Crippen LogP contribution in [-0.4, -0.2) is 219 Å². The molecule has 3 aliphatic rings. The third kappa shape index (κ3) is 79.1. The van der Waals surface area contributed by atoms with Crippen molar-refractivity contribution in [1.29, 1.82) is 0 Å². The largest absolute Gasteiger partial charge is 2.00 e. The van der Waals surface area contributed by atoms with Crippen molar-refractivity contribution in [3.8, 4) is 37.0 Å². The van der Waals surface area contributed by atoms with Crippen LogP contribution >= 0.6 is 25.8 Å². The second-order valence-corrected chi connectivity index (χ2v) is 26.4. The number of ether oxygens (including phenoxy) is 16. The van der Waals surface area contributed by atoms with Crippen LogP contribution in [0, 0.1) is 49.5 Å². The Balaban J connectivity index is -0.000000331. The van der Waals surface area contributed by atoms with Crippen LogP contribution in [-0.2, 0) is 125 Å². The summed E-state index contributed by atoms with van der Waals surface area (Å²) in [6.45, 7) is 46.8. The number of carbonyl (C=O) groups excluding carboxylic acids is 1. The number of aliphatic hydroxyl groups excluding tert-OH is 1. The van der Waals surface area contributed by atoms with Crippen molar-refractivity contribution in [2.45, 2.75) is 177 Å². The summed E-state index contributed by atoms with van der Waals surface area (Å²) in [5.41, 5.74) is 7.98. The van der Waals surface area contributed by atoms with Gasteiger partial charge in [0.1, 0.15) is 19.3 Å². The molecule has 0 bridgehead atoms. The van der Waals surface area contributed by atoms with Gasteiger partial charge >= 0.3 is 29.0 Å². The summed E-state index contributed by atoms with van der Waals surface area (Å²) in [6, 6.07) is 60.2. The van der Waals surface area contributed by atoms with Crippen LogP contribution in [0.2, 0.25) is 0 Å². The number of epoxide rings is 1. The minimum atomic E-state index is -0.434. The molecule has 0 radical (unpaired) electrons. The van der Waals surface area contributed by atoms with E-state index >= 15 is 0 Å². The molecule has 0 aromatic heterocycles. The topological polar surface area (TPSA) is 242 Å². The SMILES string of the molecule is C.C#C.C#CC.C=CC[C@@H](O)COCc1ccccc1.C=CC[C@H](COCc1ccccc1)OCC(=O)OC.C=CC[C@H](COCc1ccccc1)OCC(OCC)OCC.C=CC[C@H](COCc1ccccc1)OCC=NO.CC#CC.CCOC(CBr)OCC.P.[CH-]=C.[Cl-].[Mg+2].c1ccc(COC[C@H]2CO2)cc1.c1ccc(COC[C@H]2C[C@H]3CON=C3CO2)cc1. The molecule has 22 nitrogen and oxygen atoms in total. The van der Waals surface area contributed by atoms with Gasteiger partial charge in [0.2, 0.25) is 0 Å². The fourth-order valence-electron chi connectivity index (χ4n) is 9.97. The standard InChI is InChI=1S/C18H28O4.C15H20O4.C14H17NO3.C14H19NO3.C12H16O2.C10H12O2.C6H13BrO2.C4H6.C3H4.C2H3.C2H2.CH4.ClH.Mg.H3P/c1-4-10-17(22-15-18(20-5-2)21-6-3)14-19-13-16-11-8-7-9-12-16;1-3-7-14(19-12-15(16)17-2)11-18-10-13-8-5-4-6-9-13;1-2-4-11(5-3-1)7-16-9-13-6-12-8-18-15-14(12)10-17-13;1-2-6-14(18-10-9-15-16)12-17-11-13-7-4-3-5-8-13;1-2-6-12(13)10-14-9-11-7-4-3-5-8-11;1-2-4-9(5-3-1)6-11-7-10-8-12-10;1-3-8-6(5-7)9-4-2;1-3-4-2;1-3-2;2*1-2;;;;/h4,7-9,11-12,17-18H,1,5-6,10,13-15H2,2-3H3;3-6,8-9,14H,1,7,10-12H2,2H3;1-5,12-13H,6-10H2;2-5,7-9,14,16H,1,6,10-12H2;2-5,7-8,12-13H,1,6,9-10H2;1-5,10H,6-8H2;6H,3-5H2,1-2H3;1-2H3;1H,2H3;1H,2H2;1-2H;1H4;1H;;1H3/q;;;;;;;;;-1;;;;+2;/p-1/t17-;14-;12-,13+;14-;12-;10-;;;;;;;;;/m110110........./s1. The van der Waals surface area contributed by atoms with Crippen LogP contribution in [0.3, 0.4) is 0 Å². The van der Waals surface area contributed by atoms with Crippen LogP contribution in [0.1, 0.15) is 121 Å². The van der Waals surface area contributed by atoms with Crippen LogP contribution in [0.5, 0.6) is 0 Å². The molecule has 3 aliphatic heterocycles. The molecule has 0 amide bonds. The van der Waals surface area contributed by atoms with Gasteiger partial charge in [-0.05, 0) is 114 Å². The predicted molar refractivity (Wildman–Crippen MR) is 519 cm³/mol. The van der Waals surface area contributed by atoms with Gasteiger partial charge in [-0.2, -0.15) is 9.90 Å². The number of methoxy groups -OCH3 is 1. The zero-order chi connectivity index (χ0) is 90.9. The van der Waals surface area contributed by atoms with E-state index in [0.29, 0.717) is 150 Å². The van der Waals surface area contributed by atoms with Crippen LogP contribution in [0.4, 0.5) is 0 Å². The average Bonchev–Trinajstić information content (AvgIpc) is 1.72. The third-order valence-electron chi connectivity index (χ3n) is 16.0. The van der Waals surface area contributed by atoms with Gasteiger partial charge in [-0.15, -0.1) is 63.3 Å². The van der Waals surface area contributed by atoms with Crippen molar-refractivity contribution in [2.75, 3.05) is 118 Å². The van der Waals surface area contributed by atoms with Gasteiger partial charge in [0.05, 0.1) is 161 Å². The first-order chi connectivity index (χ1) is 60.3. The number of fused-ring (bicyclic) bond motifs is 1. The predicted octanol–water partition coefficient (Wildman–Crippen LogP) is 15.9. The molecule has 3 heterocycles. The van der Waals surface area contributed by atoms with E-state index in [1.165, 1.54) is 24.5 Å². The zero-order valence-corrected chi connectivity index (χ0v) is 81.0. The number of rotatable bonds is 50. The van der Waals surface area contributed by atoms with Crippen molar-refractivity contribution < 1.29 is 108 Å². The summed E-state index contributed by atoms with van der Waals surface area (Å²) in [7, 11) is 1.33. The minimum absolute atomic E-state index is 0. The molecule has 6 aromatic carbocycles. The molecule has 0 saturated carbocycles. The number of esters is 1. The Morgan fingerprint density at radius 2 is 0.858 bits per heavy atom. The molecule has 0 spiro atoms. The Bertz CT molecular complexity index is 3580. The Kier molecular flexibility index (Phi) is 102. The first kappa shape index (κ1) is 130. The second-order valence-electron chi connectivity index (χ2n) is 25.8. The van der Waals surface area contributed by atoms with E-state index in [2.05, 4.69) is 132 Å². The van der Waals surface area contributed by atoms with Gasteiger partial charge in [0, 0.05) is 32.3 Å². The van der Waals surface area contributed by atoms with Gasteiger partial charge in [-0.1, -0.05) is 240 Å². The minimum Gasteiger partial charge on any atom is -1.00 e. The normalized spacial score (nSPS) is 13.8. The molecule has 127 heavy (non-hydrogen) atoms. The summed E-state index contributed by atoms with van der Waals surface area (Å²) < 4.78 is 86.6. The van der Waals surface area contributed by atoms with Crippen molar-refractivity contribution >= 4 is 66.8 Å². The van der Waals surface area contributed by atoms with Crippen LogP contribution in [0.25, 0.3) is 0 Å². The van der Waals surface area contributed by atoms with Crippen LogP contribution < -0.4 is 12.4 Å². The monoisotopic (exact) mass is 1880 g/mol. The maximum absolute atomic E-state index is 11.0. The quantitative estimate of drug-likeness (QED) is 0.00293. The van der Waals surface area contributed by atoms with Gasteiger partial charge in [-0.25, -0.2) is 4.79 Å². The molecular weight excluding hydrogens is 1730 g/mol. The number of carbonyl (C=O) groups is 1. The van der Waals surface area contributed by atoms with E-state index in [9.17, 15) is 9.90 Å². The molecule has 0 aliphatic carbocycles. The Morgan fingerprint density at radius 1 is 0.528 bits per heavy atom. The Hall–Kier alpha value is -7.56. The molecule has 2 N–H and O–H groups in total. The average molecular weight is 1880 g/mol. The summed E-state index contributed by atoms with van der Waals surface area (Å²) in [5, 5.41) is 25.2. The van der Waals surface area contributed by atoms with Gasteiger partial charge in [0.25, 0.3) is 0 Å². The number of alkyl halides is 1. The molecule has 2 fully saturated rings. The number of benzene rings is 6. The van der Waals surface area contributed by atoms with E-state index < -0.39 is 12.1 Å². The second kappa shape index (κ2) is 99.0. The van der Waals surface area contributed by atoms with E-state index in [1.807, 2.05) is 205 Å². The van der Waals surface area contributed by atoms with Crippen LogP contribution in [0.15, 0.2) is 250 Å². The van der Waals surface area contributed by atoms with Gasteiger partial charge in [-0.3, -0.25) is 6.58 Å². The number of hydrogen-bond donors (Lipinski definition) is 2. The summed E-state index contributed by atoms with van der Waals surface area (Å²) in [5.74, 6) is 7.65. The number of halogens is 2. The summed E-state index contributed by atoms with van der Waals surface area (Å²) in [4.78, 5) is 16.1. The molecule has 702 valence electrons. The van der Waals surface area contributed by atoms with Crippen molar-refractivity contribution in [1.82, 2.24) is 0 Å².